The van der Waals surface area contributed by atoms with Crippen LogP contribution in [0.2, 0.25) is 5.02 Å². The van der Waals surface area contributed by atoms with Crippen molar-refractivity contribution in [2.24, 2.45) is 0 Å². The molecule has 1 aromatic carbocycles. The fourth-order valence-electron chi connectivity index (χ4n) is 2.69. The quantitative estimate of drug-likeness (QED) is 0.619. The molecule has 0 aliphatic rings. The van der Waals surface area contributed by atoms with Crippen molar-refractivity contribution in [3.05, 3.63) is 68.1 Å². The summed E-state index contributed by atoms with van der Waals surface area (Å²) in [6, 6.07) is 7.52. The van der Waals surface area contributed by atoms with Crippen LogP contribution in [0, 0.1) is 13.8 Å². The molecule has 1 N–H and O–H groups in total. The maximum atomic E-state index is 12.4. The number of carbonyl (C=O) groups excluding carboxylic acids is 1. The molecule has 0 saturated heterocycles. The van der Waals surface area contributed by atoms with Crippen LogP contribution in [0.1, 0.15) is 39.0 Å². The van der Waals surface area contributed by atoms with E-state index < -0.39 is 0 Å². The van der Waals surface area contributed by atoms with Gasteiger partial charge in [-0.2, -0.15) is 5.10 Å². The average molecular weight is 404 g/mol. The van der Waals surface area contributed by atoms with E-state index in [1.807, 2.05) is 55.1 Å². The summed E-state index contributed by atoms with van der Waals surface area (Å²) in [6.07, 6.45) is 1.80. The summed E-state index contributed by atoms with van der Waals surface area (Å²) in [5.41, 5.74) is 4.13. The molecule has 5 nitrogen and oxygen atoms in total. The first-order chi connectivity index (χ1) is 13.0. The van der Waals surface area contributed by atoms with E-state index in [4.69, 9.17) is 16.3 Å². The fraction of sp³-hybridized carbons (Fsp3) is 0.300. The summed E-state index contributed by atoms with van der Waals surface area (Å²) < 4.78 is 7.70. The molecular weight excluding hydrogens is 382 g/mol. The van der Waals surface area contributed by atoms with Gasteiger partial charge in [0.25, 0.3) is 5.91 Å². The average Bonchev–Trinajstić information content (AvgIpc) is 3.27. The number of aryl methyl sites for hydroxylation is 2. The SMILES string of the molecule is CCn1ncc(CNC(=O)c2cc(COc3cc(C)ccc3Cl)cs2)c1C. The third-order valence-electron chi connectivity index (χ3n) is 4.30. The molecule has 0 aliphatic carbocycles. The number of halogens is 1. The molecule has 7 heteroatoms. The van der Waals surface area contributed by atoms with Gasteiger partial charge in [0.15, 0.2) is 0 Å². The Kier molecular flexibility index (Phi) is 6.19. The normalized spacial score (nSPS) is 10.8. The second-order valence-electron chi connectivity index (χ2n) is 6.30. The van der Waals surface area contributed by atoms with Gasteiger partial charge in [0.05, 0.1) is 16.1 Å². The molecule has 1 amide bonds. The van der Waals surface area contributed by atoms with Crippen molar-refractivity contribution in [3.63, 3.8) is 0 Å². The Hall–Kier alpha value is -2.31. The van der Waals surface area contributed by atoms with Crippen molar-refractivity contribution in [1.29, 1.82) is 0 Å². The lowest BCUT2D eigenvalue weighted by molar-refractivity contribution is 0.0955. The highest BCUT2D eigenvalue weighted by molar-refractivity contribution is 7.12. The smallest absolute Gasteiger partial charge is 0.261 e. The topological polar surface area (TPSA) is 56.2 Å². The molecule has 3 rings (SSSR count). The van der Waals surface area contributed by atoms with Gasteiger partial charge < -0.3 is 10.1 Å². The number of benzene rings is 1. The number of ether oxygens (including phenoxy) is 1. The molecule has 0 bridgehead atoms. The van der Waals surface area contributed by atoms with Crippen LogP contribution in [0.3, 0.4) is 0 Å². The van der Waals surface area contributed by atoms with Gasteiger partial charge in [0, 0.05) is 29.9 Å². The number of thiophene rings is 1. The van der Waals surface area contributed by atoms with Crippen molar-refractivity contribution in [1.82, 2.24) is 15.1 Å². The zero-order valence-electron chi connectivity index (χ0n) is 15.6. The summed E-state index contributed by atoms with van der Waals surface area (Å²) in [7, 11) is 0. The van der Waals surface area contributed by atoms with Crippen LogP contribution in [0.4, 0.5) is 0 Å². The zero-order chi connectivity index (χ0) is 19.4. The molecule has 0 radical (unpaired) electrons. The first-order valence-corrected chi connectivity index (χ1v) is 9.99. The van der Waals surface area contributed by atoms with Crippen LogP contribution in [0.15, 0.2) is 35.8 Å². The van der Waals surface area contributed by atoms with Crippen molar-refractivity contribution in [2.45, 2.75) is 40.5 Å². The van der Waals surface area contributed by atoms with Crippen LogP contribution < -0.4 is 10.1 Å². The van der Waals surface area contributed by atoms with E-state index in [2.05, 4.69) is 10.4 Å². The molecule has 0 aliphatic heterocycles. The first kappa shape index (κ1) is 19.5. The van der Waals surface area contributed by atoms with E-state index in [1.165, 1.54) is 11.3 Å². The molecule has 0 fully saturated rings. The lowest BCUT2D eigenvalue weighted by Gasteiger charge is -2.07. The summed E-state index contributed by atoms with van der Waals surface area (Å²) in [4.78, 5) is 13.1. The second kappa shape index (κ2) is 8.59. The van der Waals surface area contributed by atoms with Gasteiger partial charge in [-0.25, -0.2) is 0 Å². The van der Waals surface area contributed by atoms with Crippen LogP contribution in [0.25, 0.3) is 0 Å². The van der Waals surface area contributed by atoms with Gasteiger partial charge in [-0.3, -0.25) is 9.48 Å². The summed E-state index contributed by atoms with van der Waals surface area (Å²) in [5.74, 6) is 0.556. The number of aromatic nitrogens is 2. The van der Waals surface area contributed by atoms with Crippen molar-refractivity contribution in [2.75, 3.05) is 0 Å². The Balaban J connectivity index is 1.57. The van der Waals surface area contributed by atoms with E-state index >= 15 is 0 Å². The van der Waals surface area contributed by atoms with Gasteiger partial charge in [-0.1, -0.05) is 17.7 Å². The second-order valence-corrected chi connectivity index (χ2v) is 7.61. The van der Waals surface area contributed by atoms with Gasteiger partial charge in [-0.05, 0) is 49.9 Å². The Labute approximate surface area is 167 Å². The van der Waals surface area contributed by atoms with Crippen LogP contribution >= 0.6 is 22.9 Å². The third kappa shape index (κ3) is 4.70. The summed E-state index contributed by atoms with van der Waals surface area (Å²) in [5, 5.41) is 9.76. The number of hydrogen-bond donors (Lipinski definition) is 1. The molecule has 27 heavy (non-hydrogen) atoms. The molecule has 2 heterocycles. The summed E-state index contributed by atoms with van der Waals surface area (Å²) >= 11 is 7.55. The molecule has 0 atom stereocenters. The van der Waals surface area contributed by atoms with Crippen molar-refractivity contribution >= 4 is 28.8 Å². The zero-order valence-corrected chi connectivity index (χ0v) is 17.2. The Morgan fingerprint density at radius 1 is 1.33 bits per heavy atom. The number of amides is 1. The number of carbonyl (C=O) groups is 1. The maximum absolute atomic E-state index is 12.4. The lowest BCUT2D eigenvalue weighted by atomic mass is 10.2. The minimum Gasteiger partial charge on any atom is -0.487 e. The number of nitrogens with zero attached hydrogens (tertiary/aromatic N) is 2. The molecule has 0 spiro atoms. The molecular formula is C20H22ClN3O2S. The highest BCUT2D eigenvalue weighted by atomic mass is 35.5. The number of nitrogens with one attached hydrogen (secondary N) is 1. The van der Waals surface area contributed by atoms with Gasteiger partial charge >= 0.3 is 0 Å². The van der Waals surface area contributed by atoms with E-state index in [9.17, 15) is 4.79 Å². The van der Waals surface area contributed by atoms with E-state index in [0.29, 0.717) is 28.8 Å². The largest absolute Gasteiger partial charge is 0.487 e. The van der Waals surface area contributed by atoms with Crippen LogP contribution in [0.5, 0.6) is 5.75 Å². The van der Waals surface area contributed by atoms with E-state index in [0.717, 1.165) is 28.9 Å². The highest BCUT2D eigenvalue weighted by Crippen LogP contribution is 2.26. The molecule has 142 valence electrons. The van der Waals surface area contributed by atoms with Gasteiger partial charge in [0.2, 0.25) is 0 Å². The van der Waals surface area contributed by atoms with Crippen LogP contribution in [-0.4, -0.2) is 15.7 Å². The molecule has 2 aromatic heterocycles. The lowest BCUT2D eigenvalue weighted by Crippen LogP contribution is -2.22. The Morgan fingerprint density at radius 2 is 2.15 bits per heavy atom. The predicted octanol–water partition coefficient (Wildman–Crippen LogP) is 4.74. The maximum Gasteiger partial charge on any atom is 0.261 e. The number of hydrogen-bond acceptors (Lipinski definition) is 4. The monoisotopic (exact) mass is 403 g/mol. The highest BCUT2D eigenvalue weighted by Gasteiger charge is 2.12. The standard InChI is InChI=1S/C20H22ClN3O2S/c1-4-24-14(3)16(10-23-24)9-22-20(25)19-8-15(12-27-19)11-26-18-7-13(2)5-6-17(18)21/h5-8,10,12H,4,9,11H2,1-3H3,(H,22,25). The molecule has 0 unspecified atom stereocenters. The minimum atomic E-state index is -0.0940. The Bertz CT molecular complexity index is 949. The van der Waals surface area contributed by atoms with E-state index in [1.54, 1.807) is 6.20 Å². The van der Waals surface area contributed by atoms with Gasteiger partial charge in [-0.15, -0.1) is 11.3 Å². The van der Waals surface area contributed by atoms with Crippen molar-refractivity contribution in [3.8, 4) is 5.75 Å². The molecule has 0 saturated carbocycles. The fourth-order valence-corrected chi connectivity index (χ4v) is 3.68. The first-order valence-electron chi connectivity index (χ1n) is 8.73. The van der Waals surface area contributed by atoms with Crippen molar-refractivity contribution < 1.29 is 9.53 Å². The molecule has 3 aromatic rings. The predicted molar refractivity (Wildman–Crippen MR) is 109 cm³/mol. The summed E-state index contributed by atoms with van der Waals surface area (Å²) in [6.45, 7) is 7.69. The van der Waals surface area contributed by atoms with E-state index in [-0.39, 0.29) is 5.91 Å². The number of rotatable bonds is 7. The Morgan fingerprint density at radius 3 is 2.89 bits per heavy atom. The van der Waals surface area contributed by atoms with Gasteiger partial charge in [0.1, 0.15) is 12.4 Å². The third-order valence-corrected chi connectivity index (χ3v) is 5.59. The minimum absolute atomic E-state index is 0.0940. The van der Waals surface area contributed by atoms with Crippen LogP contribution in [-0.2, 0) is 19.7 Å².